The number of anilines is 1. The molecule has 0 aliphatic carbocycles. The Morgan fingerprint density at radius 3 is 2.44 bits per heavy atom. The van der Waals surface area contributed by atoms with Crippen LogP contribution in [0, 0.1) is 17.5 Å². The Morgan fingerprint density at radius 1 is 0.938 bits per heavy atom. The molecule has 0 atom stereocenters. The number of rotatable bonds is 5. The SMILES string of the molecule is Fc1cc(CNc2nnnn2-c2cccc(C(F)(F)F)c2F)c(-c2ccccn2)cc1F. The Hall–Kier alpha value is -3.96. The Bertz CT molecular complexity index is 1260. The second kappa shape index (κ2) is 8.29. The molecule has 0 bridgehead atoms. The second-order valence-electron chi connectivity index (χ2n) is 6.54. The average Bonchev–Trinajstić information content (AvgIpc) is 3.22. The van der Waals surface area contributed by atoms with Crippen molar-refractivity contribution in [2.24, 2.45) is 0 Å². The Morgan fingerprint density at radius 2 is 1.72 bits per heavy atom. The van der Waals surface area contributed by atoms with Crippen molar-refractivity contribution in [2.45, 2.75) is 12.7 Å². The monoisotopic (exact) mass is 450 g/mol. The van der Waals surface area contributed by atoms with E-state index in [1.54, 1.807) is 18.2 Å². The maximum absolute atomic E-state index is 14.5. The molecule has 4 rings (SSSR count). The van der Waals surface area contributed by atoms with Gasteiger partial charge >= 0.3 is 6.18 Å². The van der Waals surface area contributed by atoms with Crippen molar-refractivity contribution in [1.29, 1.82) is 0 Å². The molecule has 2 aromatic carbocycles. The quantitative estimate of drug-likeness (QED) is 0.444. The van der Waals surface area contributed by atoms with Crippen LogP contribution in [0.3, 0.4) is 0 Å². The molecule has 2 heterocycles. The summed E-state index contributed by atoms with van der Waals surface area (Å²) in [6, 6.07) is 9.52. The predicted octanol–water partition coefficient (Wildman–Crippen LogP) is 4.77. The molecule has 0 amide bonds. The van der Waals surface area contributed by atoms with Gasteiger partial charge in [0.05, 0.1) is 11.3 Å². The normalized spacial score (nSPS) is 11.6. The largest absolute Gasteiger partial charge is 0.419 e. The van der Waals surface area contributed by atoms with Crippen LogP contribution in [0.25, 0.3) is 16.9 Å². The van der Waals surface area contributed by atoms with Crippen LogP contribution in [0.5, 0.6) is 0 Å². The van der Waals surface area contributed by atoms with Crippen LogP contribution >= 0.6 is 0 Å². The third-order valence-corrected chi connectivity index (χ3v) is 4.51. The highest BCUT2D eigenvalue weighted by Gasteiger charge is 2.35. The fourth-order valence-corrected chi connectivity index (χ4v) is 3.03. The summed E-state index contributed by atoms with van der Waals surface area (Å²) in [7, 11) is 0. The Labute approximate surface area is 176 Å². The number of nitrogens with zero attached hydrogens (tertiary/aromatic N) is 5. The van der Waals surface area contributed by atoms with Crippen LogP contribution in [0.2, 0.25) is 0 Å². The zero-order chi connectivity index (χ0) is 22.9. The summed E-state index contributed by atoms with van der Waals surface area (Å²) in [6.07, 6.45) is -3.43. The second-order valence-corrected chi connectivity index (χ2v) is 6.54. The summed E-state index contributed by atoms with van der Waals surface area (Å²) in [4.78, 5) is 4.12. The van der Waals surface area contributed by atoms with Gasteiger partial charge in [0.1, 0.15) is 5.69 Å². The highest BCUT2D eigenvalue weighted by Crippen LogP contribution is 2.33. The van der Waals surface area contributed by atoms with Gasteiger partial charge in [-0.15, -0.1) is 0 Å². The molecule has 32 heavy (non-hydrogen) atoms. The van der Waals surface area contributed by atoms with E-state index in [0.29, 0.717) is 11.8 Å². The first kappa shape index (κ1) is 21.3. The van der Waals surface area contributed by atoms with Gasteiger partial charge in [0.25, 0.3) is 0 Å². The molecule has 1 N–H and O–H groups in total. The van der Waals surface area contributed by atoms with Crippen LogP contribution in [-0.4, -0.2) is 25.2 Å². The lowest BCUT2D eigenvalue weighted by molar-refractivity contribution is -0.140. The molecule has 0 fully saturated rings. The van der Waals surface area contributed by atoms with Gasteiger partial charge in [0.15, 0.2) is 17.5 Å². The highest BCUT2D eigenvalue weighted by atomic mass is 19.4. The molecule has 0 aliphatic rings. The standard InChI is InChI=1S/C20H12F6N6/c21-14-8-11(12(9-15(14)22)16-5-1-2-7-27-16)10-28-19-29-30-31-32(19)17-6-3-4-13(18(17)23)20(24,25)26/h1-9H,10H2,(H,28,29,31). The van der Waals surface area contributed by atoms with Gasteiger partial charge < -0.3 is 5.32 Å². The van der Waals surface area contributed by atoms with E-state index in [0.717, 1.165) is 28.9 Å². The van der Waals surface area contributed by atoms with Gasteiger partial charge in [-0.3, -0.25) is 4.98 Å². The van der Waals surface area contributed by atoms with Crippen molar-refractivity contribution < 1.29 is 26.3 Å². The number of pyridine rings is 1. The first-order valence-corrected chi connectivity index (χ1v) is 9.03. The van der Waals surface area contributed by atoms with Crippen LogP contribution in [0.4, 0.5) is 32.3 Å². The van der Waals surface area contributed by atoms with Crippen molar-refractivity contribution in [3.05, 3.63) is 83.3 Å². The first-order valence-electron chi connectivity index (χ1n) is 9.03. The lowest BCUT2D eigenvalue weighted by Crippen LogP contribution is -2.13. The third kappa shape index (κ3) is 4.11. The van der Waals surface area contributed by atoms with E-state index < -0.39 is 34.9 Å². The number of tetrazole rings is 1. The Kier molecular flexibility index (Phi) is 5.51. The molecule has 164 valence electrons. The molecule has 0 aliphatic heterocycles. The molecule has 0 spiro atoms. The molecule has 2 aromatic heterocycles. The van der Waals surface area contributed by atoms with Gasteiger partial charge in [0, 0.05) is 18.3 Å². The minimum atomic E-state index is -4.91. The van der Waals surface area contributed by atoms with E-state index in [1.165, 1.54) is 6.20 Å². The minimum Gasteiger partial charge on any atom is -0.349 e. The molecular formula is C20H12F6N6. The van der Waals surface area contributed by atoms with Gasteiger partial charge in [0.2, 0.25) is 5.95 Å². The number of hydrogen-bond acceptors (Lipinski definition) is 5. The van der Waals surface area contributed by atoms with Crippen molar-refractivity contribution in [1.82, 2.24) is 25.2 Å². The molecule has 0 saturated heterocycles. The zero-order valence-corrected chi connectivity index (χ0v) is 15.9. The summed E-state index contributed by atoms with van der Waals surface area (Å²) in [5.74, 6) is -3.95. The molecule has 4 aromatic rings. The van der Waals surface area contributed by atoms with Crippen molar-refractivity contribution in [3.8, 4) is 16.9 Å². The molecule has 12 heteroatoms. The number of nitrogens with one attached hydrogen (secondary N) is 1. The third-order valence-electron chi connectivity index (χ3n) is 4.51. The number of alkyl halides is 3. The minimum absolute atomic E-state index is 0.163. The molecule has 0 unspecified atom stereocenters. The van der Waals surface area contributed by atoms with Crippen LogP contribution in [-0.2, 0) is 12.7 Å². The van der Waals surface area contributed by atoms with Gasteiger partial charge in [-0.25, -0.2) is 13.2 Å². The van der Waals surface area contributed by atoms with Crippen molar-refractivity contribution in [3.63, 3.8) is 0 Å². The summed E-state index contributed by atoms with van der Waals surface area (Å²) in [6.45, 7) is -0.163. The van der Waals surface area contributed by atoms with Gasteiger partial charge in [-0.1, -0.05) is 17.2 Å². The molecule has 0 radical (unpaired) electrons. The molecule has 6 nitrogen and oxygen atoms in total. The maximum atomic E-state index is 14.5. The summed E-state index contributed by atoms with van der Waals surface area (Å²) >= 11 is 0. The van der Waals surface area contributed by atoms with Crippen LogP contribution < -0.4 is 5.32 Å². The zero-order valence-electron chi connectivity index (χ0n) is 15.9. The van der Waals surface area contributed by atoms with Gasteiger partial charge in [-0.05, 0) is 52.4 Å². The maximum Gasteiger partial charge on any atom is 0.419 e. The topological polar surface area (TPSA) is 68.5 Å². The lowest BCUT2D eigenvalue weighted by Gasteiger charge is -2.13. The molecular weight excluding hydrogens is 438 g/mol. The summed E-state index contributed by atoms with van der Waals surface area (Å²) in [5.41, 5.74) is -1.10. The van der Waals surface area contributed by atoms with E-state index in [-0.39, 0.29) is 23.6 Å². The first-order chi connectivity index (χ1) is 15.3. The van der Waals surface area contributed by atoms with Gasteiger partial charge in [-0.2, -0.15) is 17.9 Å². The van der Waals surface area contributed by atoms with E-state index in [4.69, 9.17) is 0 Å². The van der Waals surface area contributed by atoms with Crippen molar-refractivity contribution >= 4 is 5.95 Å². The Balaban J connectivity index is 1.68. The van der Waals surface area contributed by atoms with E-state index in [1.807, 2.05) is 0 Å². The fraction of sp³-hybridized carbons (Fsp3) is 0.100. The van der Waals surface area contributed by atoms with Crippen LogP contribution in [0.1, 0.15) is 11.1 Å². The predicted molar refractivity (Wildman–Crippen MR) is 101 cm³/mol. The number of hydrogen-bond donors (Lipinski definition) is 1. The van der Waals surface area contributed by atoms with Crippen molar-refractivity contribution in [2.75, 3.05) is 5.32 Å². The van der Waals surface area contributed by atoms with E-state index in [2.05, 4.69) is 25.8 Å². The van der Waals surface area contributed by atoms with E-state index >= 15 is 0 Å². The number of aromatic nitrogens is 5. The lowest BCUT2D eigenvalue weighted by atomic mass is 10.0. The summed E-state index contributed by atoms with van der Waals surface area (Å²) < 4.78 is 82.0. The molecule has 0 saturated carbocycles. The fourth-order valence-electron chi connectivity index (χ4n) is 3.03. The number of halogens is 6. The average molecular weight is 450 g/mol. The van der Waals surface area contributed by atoms with E-state index in [9.17, 15) is 26.3 Å². The summed E-state index contributed by atoms with van der Waals surface area (Å²) in [5, 5.41) is 13.3. The smallest absolute Gasteiger partial charge is 0.349 e. The highest BCUT2D eigenvalue weighted by molar-refractivity contribution is 5.64. The van der Waals surface area contributed by atoms with Crippen LogP contribution in [0.15, 0.2) is 54.7 Å². The number of benzene rings is 2.